The number of fused-ring (bicyclic) bond motifs is 1. The molecule has 19 heavy (non-hydrogen) atoms. The first-order valence-electron chi connectivity index (χ1n) is 4.10. The standard InChI is InChI=1S/C6H7N3O6P2.2Ca/c10-16(11,12)4-2-1-3-5(8-4)9-6(7-3)17(13,14)15;;/h1-2H,(H,7,8,9)(H2,10,11,12)(H2,13,14,15);;/q;2*+2/p-4. The Hall–Kier alpha value is 1.44. The van der Waals surface area contributed by atoms with Gasteiger partial charge in [0.05, 0.1) is 11.0 Å². The monoisotopic (exact) mass is 355 g/mol. The summed E-state index contributed by atoms with van der Waals surface area (Å²) in [7, 11) is -10.1. The van der Waals surface area contributed by atoms with E-state index in [4.69, 9.17) is 0 Å². The second-order valence-corrected chi connectivity index (χ2v) is 5.97. The van der Waals surface area contributed by atoms with E-state index in [1.54, 1.807) is 0 Å². The molecule has 92 valence electrons. The van der Waals surface area contributed by atoms with Crippen LogP contribution >= 0.6 is 15.2 Å². The third-order valence-electron chi connectivity index (χ3n) is 1.86. The molecule has 1 N–H and O–H groups in total. The molecule has 0 aliphatic rings. The predicted molar refractivity (Wildman–Crippen MR) is 59.9 cm³/mol. The van der Waals surface area contributed by atoms with Gasteiger partial charge in [-0.15, -0.1) is 0 Å². The molecule has 0 aliphatic heterocycles. The Labute approximate surface area is 166 Å². The minimum atomic E-state index is -5.08. The fraction of sp³-hybridized carbons (Fsp3) is 0. The molecule has 0 amide bonds. The number of hydrogen-bond donors (Lipinski definition) is 1. The van der Waals surface area contributed by atoms with E-state index >= 15 is 0 Å². The van der Waals surface area contributed by atoms with Crippen LogP contribution in [0.3, 0.4) is 0 Å². The van der Waals surface area contributed by atoms with Crippen LogP contribution in [0.25, 0.3) is 11.2 Å². The summed E-state index contributed by atoms with van der Waals surface area (Å²) >= 11 is 0. The molecule has 0 radical (unpaired) electrons. The van der Waals surface area contributed by atoms with Crippen molar-refractivity contribution in [1.82, 2.24) is 15.0 Å². The number of hydrogen-bond acceptors (Lipinski definition) is 8. The molecular formula is C6H3Ca2N3O6P2. The maximum Gasteiger partial charge on any atom is 2.00 e. The smallest absolute Gasteiger partial charge is 0.806 e. The summed E-state index contributed by atoms with van der Waals surface area (Å²) in [6.07, 6.45) is 0. The Bertz CT molecular complexity index is 659. The van der Waals surface area contributed by atoms with Gasteiger partial charge in [0.25, 0.3) is 0 Å². The van der Waals surface area contributed by atoms with E-state index in [9.17, 15) is 28.7 Å². The number of H-pyrrole nitrogens is 1. The van der Waals surface area contributed by atoms with Crippen molar-refractivity contribution in [2.45, 2.75) is 0 Å². The van der Waals surface area contributed by atoms with Crippen molar-refractivity contribution in [3.8, 4) is 0 Å². The molecule has 0 aromatic carbocycles. The molecule has 0 atom stereocenters. The molecule has 0 bridgehead atoms. The normalized spacial score (nSPS) is 11.8. The molecule has 0 unspecified atom stereocenters. The van der Waals surface area contributed by atoms with Crippen LogP contribution in [-0.2, 0) is 9.13 Å². The minimum absolute atomic E-state index is 0. The van der Waals surface area contributed by atoms with Crippen LogP contribution < -0.4 is 30.6 Å². The zero-order valence-electron chi connectivity index (χ0n) is 9.31. The zero-order valence-corrected chi connectivity index (χ0v) is 15.5. The SMILES string of the molecule is O=P([O-])([O-])c1ccc2[nH]c(P(=O)([O-])[O-])nc2n1.[Ca+2].[Ca+2]. The average molecular weight is 355 g/mol. The third kappa shape index (κ3) is 4.98. The summed E-state index contributed by atoms with van der Waals surface area (Å²) in [6, 6.07) is 2.00. The van der Waals surface area contributed by atoms with Gasteiger partial charge in [-0.25, -0.2) is 9.97 Å². The number of imidazole rings is 1. The Kier molecular flexibility index (Phi) is 7.67. The van der Waals surface area contributed by atoms with E-state index in [1.807, 2.05) is 0 Å². The van der Waals surface area contributed by atoms with Gasteiger partial charge in [-0.05, 0) is 19.7 Å². The van der Waals surface area contributed by atoms with Crippen molar-refractivity contribution in [2.75, 3.05) is 0 Å². The van der Waals surface area contributed by atoms with Crippen LogP contribution in [0.2, 0.25) is 0 Å². The second-order valence-electron chi connectivity index (χ2n) is 3.10. The summed E-state index contributed by atoms with van der Waals surface area (Å²) in [6.45, 7) is 0. The summed E-state index contributed by atoms with van der Waals surface area (Å²) in [5.74, 6) is 0. The largest absolute Gasteiger partial charge is 2.00 e. The first kappa shape index (κ1) is 20.4. The maximum atomic E-state index is 10.7. The number of rotatable bonds is 2. The molecule has 0 saturated heterocycles. The predicted octanol–water partition coefficient (Wildman–Crippen LogP) is -4.73. The molecule has 0 saturated carbocycles. The van der Waals surface area contributed by atoms with Crippen LogP contribution in [0, 0.1) is 0 Å². The van der Waals surface area contributed by atoms with E-state index in [0.717, 1.165) is 12.1 Å². The molecule has 0 fully saturated rings. The first-order chi connectivity index (χ1) is 7.68. The molecule has 2 aromatic heterocycles. The Balaban J connectivity index is 0.00000162. The Morgan fingerprint density at radius 1 is 0.947 bits per heavy atom. The van der Waals surface area contributed by atoms with E-state index in [1.165, 1.54) is 0 Å². The van der Waals surface area contributed by atoms with Gasteiger partial charge in [-0.1, -0.05) is 0 Å². The average Bonchev–Trinajstić information content (AvgIpc) is 2.57. The van der Waals surface area contributed by atoms with Gasteiger partial charge >= 0.3 is 75.5 Å². The topological polar surface area (TPSA) is 168 Å². The van der Waals surface area contributed by atoms with Gasteiger partial charge in [-0.3, -0.25) is 0 Å². The van der Waals surface area contributed by atoms with E-state index < -0.39 is 26.2 Å². The fourth-order valence-corrected chi connectivity index (χ4v) is 2.10. The summed E-state index contributed by atoms with van der Waals surface area (Å²) in [4.78, 5) is 51.5. The van der Waals surface area contributed by atoms with Gasteiger partial charge in [0.1, 0.15) is 5.57 Å². The van der Waals surface area contributed by atoms with Crippen molar-refractivity contribution in [3.63, 3.8) is 0 Å². The van der Waals surface area contributed by atoms with Crippen LogP contribution in [0.4, 0.5) is 0 Å². The van der Waals surface area contributed by atoms with Gasteiger partial charge in [-0.2, -0.15) is 0 Å². The maximum absolute atomic E-state index is 10.7. The summed E-state index contributed by atoms with van der Waals surface area (Å²) < 4.78 is 21.3. The van der Waals surface area contributed by atoms with Gasteiger partial charge in [0.15, 0.2) is 5.65 Å². The number of pyridine rings is 1. The number of nitrogens with one attached hydrogen (secondary N) is 1. The second kappa shape index (κ2) is 7.13. The number of aromatic nitrogens is 3. The molecule has 2 rings (SSSR count). The van der Waals surface area contributed by atoms with Crippen molar-refractivity contribution < 1.29 is 28.7 Å². The van der Waals surface area contributed by atoms with Crippen LogP contribution in [-0.4, -0.2) is 90.4 Å². The molecule has 13 heteroatoms. The third-order valence-corrected chi connectivity index (χ3v) is 3.40. The summed E-state index contributed by atoms with van der Waals surface area (Å²) in [5.41, 5.74) is -1.90. The minimum Gasteiger partial charge on any atom is -0.806 e. The van der Waals surface area contributed by atoms with Crippen LogP contribution in [0.15, 0.2) is 12.1 Å². The fourth-order valence-electron chi connectivity index (χ4n) is 1.15. The van der Waals surface area contributed by atoms with Crippen molar-refractivity contribution in [2.24, 2.45) is 0 Å². The molecule has 0 spiro atoms. The van der Waals surface area contributed by atoms with Crippen LogP contribution in [0.1, 0.15) is 0 Å². The summed E-state index contributed by atoms with van der Waals surface area (Å²) in [5, 5.41) is 0. The molecular weight excluding hydrogens is 352 g/mol. The first-order valence-corrected chi connectivity index (χ1v) is 7.18. The Morgan fingerprint density at radius 3 is 2.00 bits per heavy atom. The van der Waals surface area contributed by atoms with Crippen molar-refractivity contribution >= 4 is 113 Å². The van der Waals surface area contributed by atoms with Gasteiger partial charge in [0, 0.05) is 7.60 Å². The van der Waals surface area contributed by atoms with Crippen molar-refractivity contribution in [3.05, 3.63) is 12.1 Å². The van der Waals surface area contributed by atoms with E-state index in [-0.39, 0.29) is 86.6 Å². The molecule has 9 nitrogen and oxygen atoms in total. The Morgan fingerprint density at radius 2 is 1.53 bits per heavy atom. The van der Waals surface area contributed by atoms with Gasteiger partial charge in [0.2, 0.25) is 0 Å². The zero-order chi connectivity index (χ0) is 12.8. The van der Waals surface area contributed by atoms with E-state index in [2.05, 4.69) is 15.0 Å². The molecule has 0 aliphatic carbocycles. The van der Waals surface area contributed by atoms with Crippen LogP contribution in [0.5, 0.6) is 0 Å². The van der Waals surface area contributed by atoms with E-state index in [0.29, 0.717) is 0 Å². The quantitative estimate of drug-likeness (QED) is 0.414. The van der Waals surface area contributed by atoms with Crippen molar-refractivity contribution in [1.29, 1.82) is 0 Å². The number of nitrogens with zero attached hydrogens (tertiary/aromatic N) is 2. The molecule has 2 heterocycles. The number of aromatic amines is 1. The molecule has 2 aromatic rings. The van der Waals surface area contributed by atoms with Gasteiger partial charge < -0.3 is 33.7 Å².